The summed E-state index contributed by atoms with van der Waals surface area (Å²) in [5.74, 6) is -0.880. The van der Waals surface area contributed by atoms with E-state index in [1.54, 1.807) is 0 Å². The minimum Gasteiger partial charge on any atom is -0.462 e. The highest BCUT2D eigenvalue weighted by molar-refractivity contribution is 5.71. The van der Waals surface area contributed by atoms with Crippen LogP contribution in [0.3, 0.4) is 0 Å². The molecule has 0 radical (unpaired) electrons. The van der Waals surface area contributed by atoms with Gasteiger partial charge in [-0.25, -0.2) is 0 Å². The van der Waals surface area contributed by atoms with Crippen molar-refractivity contribution in [1.82, 2.24) is 0 Å². The lowest BCUT2D eigenvalue weighted by Crippen LogP contribution is -2.30. The third-order valence-corrected chi connectivity index (χ3v) is 13.7. The van der Waals surface area contributed by atoms with Crippen molar-refractivity contribution in [3.63, 3.8) is 0 Å². The number of rotatable bonds is 57. The van der Waals surface area contributed by atoms with Crippen molar-refractivity contribution in [3.05, 3.63) is 60.8 Å². The number of hydrogen-bond donors (Lipinski definition) is 0. The van der Waals surface area contributed by atoms with Crippen molar-refractivity contribution in [2.75, 3.05) is 13.2 Å². The van der Waals surface area contributed by atoms with Crippen LogP contribution in [0.15, 0.2) is 60.8 Å². The van der Waals surface area contributed by atoms with E-state index in [2.05, 4.69) is 81.5 Å². The molecule has 0 aliphatic carbocycles. The molecule has 0 saturated heterocycles. The molecule has 0 spiro atoms. The predicted octanol–water partition coefficient (Wildman–Crippen LogP) is 21.2. The van der Waals surface area contributed by atoms with Crippen LogP contribution in [-0.2, 0) is 28.6 Å². The molecule has 0 bridgehead atoms. The number of hydrogen-bond acceptors (Lipinski definition) is 6. The number of carbonyl (C=O) groups is 3. The maximum atomic E-state index is 12.9. The van der Waals surface area contributed by atoms with Gasteiger partial charge in [-0.1, -0.05) is 255 Å². The van der Waals surface area contributed by atoms with E-state index in [0.29, 0.717) is 19.3 Å². The quantitative estimate of drug-likeness (QED) is 0.0261. The molecule has 0 rings (SSSR count). The zero-order chi connectivity index (χ0) is 52.2. The van der Waals surface area contributed by atoms with Crippen molar-refractivity contribution < 1.29 is 28.6 Å². The number of ether oxygens (including phenoxy) is 3. The van der Waals surface area contributed by atoms with Crippen LogP contribution < -0.4 is 0 Å². The van der Waals surface area contributed by atoms with Gasteiger partial charge in [0.25, 0.3) is 0 Å². The summed E-state index contributed by atoms with van der Waals surface area (Å²) in [5, 5.41) is 0. The summed E-state index contributed by atoms with van der Waals surface area (Å²) >= 11 is 0. The fourth-order valence-corrected chi connectivity index (χ4v) is 8.97. The highest BCUT2D eigenvalue weighted by Gasteiger charge is 2.19. The predicted molar refractivity (Wildman–Crippen MR) is 312 cm³/mol. The Hall–Kier alpha value is -2.89. The Bertz CT molecular complexity index is 1290. The van der Waals surface area contributed by atoms with Gasteiger partial charge < -0.3 is 14.2 Å². The Kier molecular flexibility index (Phi) is 58.2. The molecule has 0 aromatic heterocycles. The fourth-order valence-electron chi connectivity index (χ4n) is 8.97. The van der Waals surface area contributed by atoms with Gasteiger partial charge in [-0.05, 0) is 109 Å². The molecule has 6 nitrogen and oxygen atoms in total. The first-order valence-corrected chi connectivity index (χ1v) is 31.3. The van der Waals surface area contributed by atoms with Crippen LogP contribution in [0, 0.1) is 0 Å². The van der Waals surface area contributed by atoms with Gasteiger partial charge >= 0.3 is 17.9 Å². The van der Waals surface area contributed by atoms with Crippen LogP contribution in [-0.4, -0.2) is 37.2 Å². The van der Waals surface area contributed by atoms with Gasteiger partial charge in [0.05, 0.1) is 0 Å². The largest absolute Gasteiger partial charge is 0.462 e. The van der Waals surface area contributed by atoms with Crippen LogP contribution in [0.25, 0.3) is 0 Å². The minimum atomic E-state index is -0.782. The molecular formula is C66H118O6. The summed E-state index contributed by atoms with van der Waals surface area (Å²) in [5.41, 5.74) is 0. The van der Waals surface area contributed by atoms with E-state index in [-0.39, 0.29) is 31.1 Å². The number of esters is 3. The summed E-state index contributed by atoms with van der Waals surface area (Å²) in [4.78, 5) is 38.3. The topological polar surface area (TPSA) is 78.9 Å². The lowest BCUT2D eigenvalue weighted by atomic mass is 10.1. The fraction of sp³-hybridized carbons (Fsp3) is 0.803. The van der Waals surface area contributed by atoms with Crippen molar-refractivity contribution in [3.8, 4) is 0 Å². The highest BCUT2D eigenvalue weighted by Crippen LogP contribution is 2.16. The number of carbonyl (C=O) groups excluding carboxylic acids is 3. The van der Waals surface area contributed by atoms with E-state index < -0.39 is 6.10 Å². The van der Waals surface area contributed by atoms with E-state index in [1.807, 2.05) is 0 Å². The molecule has 0 fully saturated rings. The van der Waals surface area contributed by atoms with Gasteiger partial charge in [0.15, 0.2) is 6.10 Å². The SMILES string of the molecule is CCCCC/C=C\C/C=C\CCCCCCCCCCCC(=O)OC[C@@H](COC(=O)CCCCCCC/C=C\CCCCCCCCC)OC(=O)CCCCCCCCCCC/C=C\C/C=C\CCCCC. The van der Waals surface area contributed by atoms with Crippen molar-refractivity contribution >= 4 is 17.9 Å². The lowest BCUT2D eigenvalue weighted by molar-refractivity contribution is -0.167. The lowest BCUT2D eigenvalue weighted by Gasteiger charge is -2.18. The first kappa shape index (κ1) is 69.1. The average Bonchev–Trinajstić information content (AvgIpc) is 3.38. The maximum absolute atomic E-state index is 12.9. The van der Waals surface area contributed by atoms with E-state index in [4.69, 9.17) is 14.2 Å². The molecule has 0 amide bonds. The van der Waals surface area contributed by atoms with Gasteiger partial charge in [0, 0.05) is 19.3 Å². The summed E-state index contributed by atoms with van der Waals surface area (Å²) in [6.07, 6.45) is 76.4. The summed E-state index contributed by atoms with van der Waals surface area (Å²) in [6.45, 7) is 6.61. The van der Waals surface area contributed by atoms with Crippen molar-refractivity contribution in [2.45, 2.75) is 329 Å². The molecular weight excluding hydrogens is 889 g/mol. The van der Waals surface area contributed by atoms with E-state index >= 15 is 0 Å². The molecule has 0 unspecified atom stereocenters. The average molecular weight is 1010 g/mol. The van der Waals surface area contributed by atoms with Crippen molar-refractivity contribution in [2.24, 2.45) is 0 Å². The van der Waals surface area contributed by atoms with Gasteiger partial charge in [-0.2, -0.15) is 0 Å². The smallest absolute Gasteiger partial charge is 0.306 e. The molecule has 418 valence electrons. The maximum Gasteiger partial charge on any atom is 0.306 e. The van der Waals surface area contributed by atoms with E-state index in [0.717, 1.165) is 77.0 Å². The minimum absolute atomic E-state index is 0.0792. The van der Waals surface area contributed by atoms with E-state index in [1.165, 1.54) is 205 Å². The van der Waals surface area contributed by atoms with Gasteiger partial charge in [0.1, 0.15) is 13.2 Å². The molecule has 0 heterocycles. The second-order valence-corrected chi connectivity index (χ2v) is 21.0. The first-order valence-electron chi connectivity index (χ1n) is 31.3. The van der Waals surface area contributed by atoms with Crippen LogP contribution >= 0.6 is 0 Å². The Labute approximate surface area is 447 Å². The molecule has 72 heavy (non-hydrogen) atoms. The molecule has 6 heteroatoms. The van der Waals surface area contributed by atoms with Gasteiger partial charge in [0.2, 0.25) is 0 Å². The zero-order valence-corrected chi connectivity index (χ0v) is 47.9. The third kappa shape index (κ3) is 58.0. The highest BCUT2D eigenvalue weighted by atomic mass is 16.6. The second-order valence-electron chi connectivity index (χ2n) is 21.0. The summed E-state index contributed by atoms with van der Waals surface area (Å²) in [7, 11) is 0. The van der Waals surface area contributed by atoms with Crippen LogP contribution in [0.5, 0.6) is 0 Å². The molecule has 0 aliphatic rings. The monoisotopic (exact) mass is 1010 g/mol. The van der Waals surface area contributed by atoms with Gasteiger partial charge in [-0.15, -0.1) is 0 Å². The normalized spacial score (nSPS) is 12.4. The summed E-state index contributed by atoms with van der Waals surface area (Å²) < 4.78 is 16.9. The third-order valence-electron chi connectivity index (χ3n) is 13.7. The van der Waals surface area contributed by atoms with Crippen molar-refractivity contribution in [1.29, 1.82) is 0 Å². The Morgan fingerprint density at radius 1 is 0.278 bits per heavy atom. The van der Waals surface area contributed by atoms with Crippen LogP contribution in [0.1, 0.15) is 323 Å². The van der Waals surface area contributed by atoms with Crippen LogP contribution in [0.2, 0.25) is 0 Å². The molecule has 0 N–H and O–H groups in total. The molecule has 0 aromatic rings. The standard InChI is InChI=1S/C66H118O6/c1-4-7-10-13-16-19-22-25-28-31-33-35-38-41-44-47-50-53-56-59-65(68)71-62-63(61-70-64(67)58-55-52-49-46-43-40-37-30-27-24-21-18-15-12-9-6-3)72-66(69)60-57-54-51-48-45-42-39-36-34-32-29-26-23-20-17-14-11-8-5-2/h16-17,19-20,25-26,28-30,37,63H,4-15,18,21-24,27,31-36,38-62H2,1-3H3/b19-16-,20-17-,28-25-,29-26-,37-30-/t63-/m1/s1. The van der Waals surface area contributed by atoms with E-state index in [9.17, 15) is 14.4 Å². The zero-order valence-electron chi connectivity index (χ0n) is 47.9. The Morgan fingerprint density at radius 2 is 0.500 bits per heavy atom. The number of allylic oxidation sites excluding steroid dienone is 10. The number of unbranched alkanes of at least 4 members (excludes halogenated alkanes) is 36. The Balaban J connectivity index is 4.38. The molecule has 1 atom stereocenters. The van der Waals surface area contributed by atoms with Crippen LogP contribution in [0.4, 0.5) is 0 Å². The first-order chi connectivity index (χ1) is 35.5. The molecule has 0 aromatic carbocycles. The second kappa shape index (κ2) is 60.7. The molecule has 0 saturated carbocycles. The molecule has 0 aliphatic heterocycles. The summed E-state index contributed by atoms with van der Waals surface area (Å²) in [6, 6.07) is 0. The Morgan fingerprint density at radius 3 is 0.806 bits per heavy atom. The van der Waals surface area contributed by atoms with Gasteiger partial charge in [-0.3, -0.25) is 14.4 Å².